The summed E-state index contributed by atoms with van der Waals surface area (Å²) in [6.45, 7) is 2.33. The van der Waals surface area contributed by atoms with Crippen molar-refractivity contribution in [1.82, 2.24) is 9.78 Å². The molecular weight excluding hydrogens is 324 g/mol. The second-order valence-electron chi connectivity index (χ2n) is 4.27. The van der Waals surface area contributed by atoms with Gasteiger partial charge < -0.3 is 15.7 Å². The monoisotopic (exact) mass is 338 g/mol. The Morgan fingerprint density at radius 3 is 2.60 bits per heavy atom. The molecule has 20 heavy (non-hydrogen) atoms. The minimum Gasteiger partial charge on any atom is -0.487 e. The number of amidine groups is 1. The van der Waals surface area contributed by atoms with E-state index < -0.39 is 0 Å². The van der Waals surface area contributed by atoms with Gasteiger partial charge in [-0.1, -0.05) is 5.16 Å². The molecular formula is C13H15BrN4O2. The molecule has 0 radical (unpaired) electrons. The largest absolute Gasteiger partial charge is 0.487 e. The highest BCUT2D eigenvalue weighted by molar-refractivity contribution is 9.10. The molecule has 1 heterocycles. The van der Waals surface area contributed by atoms with Crippen LogP contribution in [0.2, 0.25) is 0 Å². The van der Waals surface area contributed by atoms with Gasteiger partial charge in [0.25, 0.3) is 0 Å². The van der Waals surface area contributed by atoms with Gasteiger partial charge in [0.15, 0.2) is 5.84 Å². The lowest BCUT2D eigenvalue weighted by atomic mass is 10.2. The van der Waals surface area contributed by atoms with Crippen LogP contribution in [0.5, 0.6) is 5.75 Å². The van der Waals surface area contributed by atoms with Crippen LogP contribution in [0, 0.1) is 6.92 Å². The van der Waals surface area contributed by atoms with Crippen LogP contribution in [0.15, 0.2) is 33.9 Å². The zero-order chi connectivity index (χ0) is 14.7. The predicted molar refractivity (Wildman–Crippen MR) is 78.9 cm³/mol. The van der Waals surface area contributed by atoms with Gasteiger partial charge in [-0.25, -0.2) is 0 Å². The lowest BCUT2D eigenvalue weighted by Gasteiger charge is -2.07. The SMILES string of the molecule is Cc1nn(C)c(COc2ccc(C(N)=NO)cc2)c1Br. The van der Waals surface area contributed by atoms with Gasteiger partial charge in [-0.3, -0.25) is 4.68 Å². The number of aromatic nitrogens is 2. The van der Waals surface area contributed by atoms with Crippen LogP contribution < -0.4 is 10.5 Å². The van der Waals surface area contributed by atoms with Gasteiger partial charge in [0.2, 0.25) is 0 Å². The van der Waals surface area contributed by atoms with E-state index in [1.54, 1.807) is 28.9 Å². The van der Waals surface area contributed by atoms with E-state index in [9.17, 15) is 0 Å². The number of hydrogen-bond donors (Lipinski definition) is 2. The van der Waals surface area contributed by atoms with Crippen LogP contribution in [0.4, 0.5) is 0 Å². The lowest BCUT2D eigenvalue weighted by Crippen LogP contribution is -2.12. The minimum atomic E-state index is 0.0709. The van der Waals surface area contributed by atoms with Gasteiger partial charge in [0.05, 0.1) is 15.9 Å². The topological polar surface area (TPSA) is 85.7 Å². The third-order valence-electron chi connectivity index (χ3n) is 2.90. The first-order chi connectivity index (χ1) is 9.52. The summed E-state index contributed by atoms with van der Waals surface area (Å²) in [6, 6.07) is 7.00. The zero-order valence-corrected chi connectivity index (χ0v) is 12.8. The molecule has 0 aliphatic rings. The van der Waals surface area contributed by atoms with E-state index in [0.717, 1.165) is 15.9 Å². The number of oxime groups is 1. The van der Waals surface area contributed by atoms with Crippen molar-refractivity contribution in [3.05, 3.63) is 45.7 Å². The number of aryl methyl sites for hydroxylation is 2. The number of hydrogen-bond acceptors (Lipinski definition) is 4. The standard InChI is InChI=1S/C13H15BrN4O2/c1-8-12(14)11(18(2)16-8)7-20-10-5-3-9(4-6-10)13(15)17-19/h3-6,19H,7H2,1-2H3,(H2,15,17). The first kappa shape index (κ1) is 14.4. The Morgan fingerprint density at radius 1 is 1.45 bits per heavy atom. The fourth-order valence-corrected chi connectivity index (χ4v) is 2.22. The molecule has 0 unspecified atom stereocenters. The van der Waals surface area contributed by atoms with Crippen molar-refractivity contribution in [2.75, 3.05) is 0 Å². The smallest absolute Gasteiger partial charge is 0.170 e. The average molecular weight is 339 g/mol. The molecule has 7 heteroatoms. The minimum absolute atomic E-state index is 0.0709. The quantitative estimate of drug-likeness (QED) is 0.387. The Hall–Kier alpha value is -2.02. The van der Waals surface area contributed by atoms with Gasteiger partial charge in [0, 0.05) is 12.6 Å². The summed E-state index contributed by atoms with van der Waals surface area (Å²) in [6.07, 6.45) is 0. The van der Waals surface area contributed by atoms with Crippen molar-refractivity contribution >= 4 is 21.8 Å². The predicted octanol–water partition coefficient (Wildman–Crippen LogP) is 2.16. The van der Waals surface area contributed by atoms with Crippen LogP contribution >= 0.6 is 15.9 Å². The number of ether oxygens (including phenoxy) is 1. The Kier molecular flexibility index (Phi) is 4.29. The number of nitrogens with zero attached hydrogens (tertiary/aromatic N) is 3. The first-order valence-electron chi connectivity index (χ1n) is 5.91. The summed E-state index contributed by atoms with van der Waals surface area (Å²) in [5.74, 6) is 0.770. The Labute approximate surface area is 125 Å². The normalized spacial score (nSPS) is 11.7. The molecule has 106 valence electrons. The molecule has 2 rings (SSSR count). The number of halogens is 1. The third-order valence-corrected chi connectivity index (χ3v) is 3.93. The molecule has 1 aromatic heterocycles. The maximum Gasteiger partial charge on any atom is 0.170 e. The molecule has 6 nitrogen and oxygen atoms in total. The molecule has 0 aliphatic heterocycles. The van der Waals surface area contributed by atoms with Gasteiger partial charge >= 0.3 is 0 Å². The van der Waals surface area contributed by atoms with Crippen LogP contribution in [-0.4, -0.2) is 20.8 Å². The molecule has 0 saturated carbocycles. The van der Waals surface area contributed by atoms with Gasteiger partial charge in [-0.05, 0) is 47.1 Å². The molecule has 0 atom stereocenters. The molecule has 2 aromatic rings. The maximum atomic E-state index is 8.59. The van der Waals surface area contributed by atoms with Crippen molar-refractivity contribution in [3.8, 4) is 5.75 Å². The van der Waals surface area contributed by atoms with Crippen LogP contribution in [-0.2, 0) is 13.7 Å². The van der Waals surface area contributed by atoms with E-state index in [1.165, 1.54) is 0 Å². The molecule has 0 bridgehead atoms. The van der Waals surface area contributed by atoms with E-state index in [4.69, 9.17) is 15.7 Å². The van der Waals surface area contributed by atoms with Crippen LogP contribution in [0.3, 0.4) is 0 Å². The summed E-state index contributed by atoms with van der Waals surface area (Å²) in [5, 5.41) is 15.8. The lowest BCUT2D eigenvalue weighted by molar-refractivity contribution is 0.294. The number of rotatable bonds is 4. The van der Waals surface area contributed by atoms with Crippen molar-refractivity contribution in [1.29, 1.82) is 0 Å². The number of nitrogens with two attached hydrogens (primary N) is 1. The Bertz CT molecular complexity index is 635. The Morgan fingerprint density at radius 2 is 2.10 bits per heavy atom. The third kappa shape index (κ3) is 2.93. The molecule has 0 aliphatic carbocycles. The molecule has 1 aromatic carbocycles. The summed E-state index contributed by atoms with van der Waals surface area (Å²) in [5.41, 5.74) is 8.02. The molecule has 0 amide bonds. The molecule has 0 spiro atoms. The van der Waals surface area contributed by atoms with Crippen molar-refractivity contribution in [2.45, 2.75) is 13.5 Å². The van der Waals surface area contributed by atoms with E-state index in [-0.39, 0.29) is 5.84 Å². The highest BCUT2D eigenvalue weighted by atomic mass is 79.9. The average Bonchev–Trinajstić information content (AvgIpc) is 2.70. The fraction of sp³-hybridized carbons (Fsp3) is 0.231. The zero-order valence-electron chi connectivity index (χ0n) is 11.2. The second kappa shape index (κ2) is 5.96. The van der Waals surface area contributed by atoms with Crippen LogP contribution in [0.25, 0.3) is 0 Å². The van der Waals surface area contributed by atoms with E-state index >= 15 is 0 Å². The summed E-state index contributed by atoms with van der Waals surface area (Å²) in [7, 11) is 1.87. The fourth-order valence-electron chi connectivity index (χ4n) is 1.77. The van der Waals surface area contributed by atoms with Gasteiger partial charge in [-0.2, -0.15) is 5.10 Å². The second-order valence-corrected chi connectivity index (χ2v) is 5.06. The van der Waals surface area contributed by atoms with Crippen LogP contribution in [0.1, 0.15) is 17.0 Å². The highest BCUT2D eigenvalue weighted by Gasteiger charge is 2.11. The van der Waals surface area contributed by atoms with E-state index in [2.05, 4.69) is 26.2 Å². The Balaban J connectivity index is 2.08. The maximum absolute atomic E-state index is 8.59. The van der Waals surface area contributed by atoms with Gasteiger partial charge in [0.1, 0.15) is 12.4 Å². The highest BCUT2D eigenvalue weighted by Crippen LogP contribution is 2.22. The molecule has 0 fully saturated rings. The number of benzene rings is 1. The van der Waals surface area contributed by atoms with E-state index in [0.29, 0.717) is 17.9 Å². The first-order valence-corrected chi connectivity index (χ1v) is 6.71. The van der Waals surface area contributed by atoms with Crippen molar-refractivity contribution in [3.63, 3.8) is 0 Å². The summed E-state index contributed by atoms with van der Waals surface area (Å²) >= 11 is 3.49. The molecule has 3 N–H and O–H groups in total. The van der Waals surface area contributed by atoms with E-state index in [1.807, 2.05) is 14.0 Å². The van der Waals surface area contributed by atoms with Crippen molar-refractivity contribution < 1.29 is 9.94 Å². The molecule has 0 saturated heterocycles. The summed E-state index contributed by atoms with van der Waals surface area (Å²) < 4.78 is 8.44. The summed E-state index contributed by atoms with van der Waals surface area (Å²) in [4.78, 5) is 0. The van der Waals surface area contributed by atoms with Gasteiger partial charge in [-0.15, -0.1) is 0 Å². The van der Waals surface area contributed by atoms with Crippen molar-refractivity contribution in [2.24, 2.45) is 17.9 Å².